The van der Waals surface area contributed by atoms with Gasteiger partial charge in [0.2, 0.25) is 0 Å². The van der Waals surface area contributed by atoms with Gasteiger partial charge >= 0.3 is 12.3 Å². The highest BCUT2D eigenvalue weighted by molar-refractivity contribution is 5.73. The molecule has 0 spiro atoms. The van der Waals surface area contributed by atoms with Crippen LogP contribution >= 0.6 is 0 Å². The number of nitrogens with zero attached hydrogens (tertiary/aromatic N) is 1. The molecule has 7 heteroatoms. The van der Waals surface area contributed by atoms with Crippen LogP contribution in [0.15, 0.2) is 0 Å². The topological polar surface area (TPSA) is 46.6 Å². The number of ether oxygens (including phenoxy) is 1. The van der Waals surface area contributed by atoms with Gasteiger partial charge in [0.15, 0.2) is 0 Å². The zero-order valence-electron chi connectivity index (χ0n) is 10.2. The molecule has 0 aliphatic carbocycles. The molecule has 0 aromatic rings. The number of hydrogen-bond donors (Lipinski definition) is 0. The Morgan fingerprint density at radius 1 is 1.35 bits per heavy atom. The van der Waals surface area contributed by atoms with Crippen LogP contribution in [0.1, 0.15) is 27.2 Å². The van der Waals surface area contributed by atoms with E-state index in [2.05, 4.69) is 0 Å². The molecule has 0 aromatic heterocycles. The van der Waals surface area contributed by atoms with Crippen molar-refractivity contribution in [2.75, 3.05) is 7.05 Å². The van der Waals surface area contributed by atoms with Crippen molar-refractivity contribution in [1.29, 1.82) is 0 Å². The van der Waals surface area contributed by atoms with Gasteiger partial charge in [0, 0.05) is 7.05 Å². The molecule has 0 radical (unpaired) electrons. The maximum Gasteiger partial charge on any atom is 0.410 e. The normalized spacial score (nSPS) is 14.1. The van der Waals surface area contributed by atoms with Crippen molar-refractivity contribution in [2.24, 2.45) is 0 Å². The molecule has 0 heterocycles. The maximum absolute atomic E-state index is 12.1. The van der Waals surface area contributed by atoms with Crippen molar-refractivity contribution in [3.63, 3.8) is 0 Å². The lowest BCUT2D eigenvalue weighted by Gasteiger charge is -2.28. The molecule has 4 nitrogen and oxygen atoms in total. The minimum absolute atomic E-state index is 0.0808. The zero-order valence-corrected chi connectivity index (χ0v) is 10.2. The maximum atomic E-state index is 12.1. The van der Waals surface area contributed by atoms with Crippen molar-refractivity contribution in [3.8, 4) is 0 Å². The molecule has 0 aliphatic rings. The Hall–Kier alpha value is -1.27. The van der Waals surface area contributed by atoms with Crippen LogP contribution in [0.5, 0.6) is 0 Å². The van der Waals surface area contributed by atoms with Gasteiger partial charge in [-0.2, -0.15) is 13.2 Å². The van der Waals surface area contributed by atoms with Crippen molar-refractivity contribution in [2.45, 2.75) is 45.0 Å². The molecule has 0 saturated carbocycles. The second-order valence-electron chi connectivity index (χ2n) is 4.61. The second-order valence-corrected chi connectivity index (χ2v) is 4.61. The minimum atomic E-state index is -4.51. The third-order valence-corrected chi connectivity index (χ3v) is 1.78. The quantitative estimate of drug-likeness (QED) is 0.727. The number of halogens is 3. The number of aldehydes is 1. The van der Waals surface area contributed by atoms with Gasteiger partial charge in [0.25, 0.3) is 0 Å². The van der Waals surface area contributed by atoms with E-state index in [9.17, 15) is 22.8 Å². The fraction of sp³-hybridized carbons (Fsp3) is 0.800. The van der Waals surface area contributed by atoms with Crippen LogP contribution in [-0.2, 0) is 9.53 Å². The van der Waals surface area contributed by atoms with Crippen molar-refractivity contribution < 1.29 is 27.5 Å². The van der Waals surface area contributed by atoms with E-state index >= 15 is 0 Å². The first kappa shape index (κ1) is 15.7. The lowest BCUT2D eigenvalue weighted by Crippen LogP contribution is -2.43. The molecular weight excluding hydrogens is 239 g/mol. The van der Waals surface area contributed by atoms with Gasteiger partial charge < -0.3 is 14.4 Å². The number of amides is 1. The molecule has 100 valence electrons. The summed E-state index contributed by atoms with van der Waals surface area (Å²) in [6, 6.07) is -1.56. The molecular formula is C10H16F3NO3. The summed E-state index contributed by atoms with van der Waals surface area (Å²) in [7, 11) is 1.10. The summed E-state index contributed by atoms with van der Waals surface area (Å²) in [5.41, 5.74) is -0.822. The molecule has 0 bridgehead atoms. The van der Waals surface area contributed by atoms with Crippen LogP contribution in [0, 0.1) is 0 Å². The Morgan fingerprint density at radius 2 is 1.82 bits per heavy atom. The van der Waals surface area contributed by atoms with Crippen molar-refractivity contribution in [3.05, 3.63) is 0 Å². The summed E-state index contributed by atoms with van der Waals surface area (Å²) in [6.45, 7) is 4.75. The van der Waals surface area contributed by atoms with Gasteiger partial charge in [-0.3, -0.25) is 0 Å². The largest absolute Gasteiger partial charge is 0.444 e. The van der Waals surface area contributed by atoms with Crippen LogP contribution < -0.4 is 0 Å². The fourth-order valence-corrected chi connectivity index (χ4v) is 0.983. The number of carbonyl (C=O) groups is 2. The number of carbonyl (C=O) groups excluding carboxylic acids is 2. The highest BCUT2D eigenvalue weighted by atomic mass is 19.4. The van der Waals surface area contributed by atoms with Gasteiger partial charge in [-0.1, -0.05) is 0 Å². The monoisotopic (exact) mass is 255 g/mol. The van der Waals surface area contributed by atoms with E-state index in [1.54, 1.807) is 20.8 Å². The summed E-state index contributed by atoms with van der Waals surface area (Å²) in [5, 5.41) is 0. The van der Waals surface area contributed by atoms with E-state index in [0.29, 0.717) is 4.90 Å². The highest BCUT2D eigenvalue weighted by Gasteiger charge is 2.36. The Balaban J connectivity index is 4.59. The standard InChI is InChI=1S/C10H16F3NO3/c1-9(2,3)17-8(16)14(4)7(6-15)5-10(11,12)13/h6-7H,5H2,1-4H3. The minimum Gasteiger partial charge on any atom is -0.444 e. The molecule has 0 saturated heterocycles. The number of hydrogen-bond acceptors (Lipinski definition) is 3. The second kappa shape index (κ2) is 5.37. The van der Waals surface area contributed by atoms with Gasteiger partial charge in [0.05, 0.1) is 12.5 Å². The molecule has 0 aromatic carbocycles. The first-order valence-electron chi connectivity index (χ1n) is 4.94. The van der Waals surface area contributed by atoms with E-state index in [1.165, 1.54) is 0 Å². The number of alkyl halides is 3. The van der Waals surface area contributed by atoms with Gasteiger partial charge in [-0.05, 0) is 20.8 Å². The van der Waals surface area contributed by atoms with Gasteiger partial charge in [-0.15, -0.1) is 0 Å². The van der Waals surface area contributed by atoms with Crippen molar-refractivity contribution in [1.82, 2.24) is 4.90 Å². The van der Waals surface area contributed by atoms with Crippen molar-refractivity contribution >= 4 is 12.4 Å². The first-order valence-corrected chi connectivity index (χ1v) is 4.94. The van der Waals surface area contributed by atoms with E-state index in [0.717, 1.165) is 7.05 Å². The summed E-state index contributed by atoms with van der Waals surface area (Å²) >= 11 is 0. The molecule has 1 amide bonds. The fourth-order valence-electron chi connectivity index (χ4n) is 0.983. The average Bonchev–Trinajstić information content (AvgIpc) is 2.08. The SMILES string of the molecule is CN(C(=O)OC(C)(C)C)C(C=O)CC(F)(F)F. The number of likely N-dealkylation sites (N-methyl/N-ethyl adjacent to an activating group) is 1. The number of rotatable bonds is 3. The zero-order chi connectivity index (χ0) is 13.9. The smallest absolute Gasteiger partial charge is 0.410 e. The molecule has 0 N–H and O–H groups in total. The summed E-state index contributed by atoms with van der Waals surface area (Å²) in [4.78, 5) is 22.6. The van der Waals surface area contributed by atoms with Crippen LogP contribution in [0.3, 0.4) is 0 Å². The summed E-state index contributed by atoms with van der Waals surface area (Å²) < 4.78 is 41.2. The third kappa shape index (κ3) is 6.80. The molecule has 0 aliphatic heterocycles. The van der Waals surface area contributed by atoms with Crippen LogP contribution in [-0.4, -0.2) is 42.1 Å². The Morgan fingerprint density at radius 3 is 2.12 bits per heavy atom. The third-order valence-electron chi connectivity index (χ3n) is 1.78. The Bertz CT molecular complexity index is 284. The summed E-state index contributed by atoms with van der Waals surface area (Å²) in [6.07, 6.45) is -6.77. The average molecular weight is 255 g/mol. The van der Waals surface area contributed by atoms with Gasteiger partial charge in [0.1, 0.15) is 11.9 Å². The highest BCUT2D eigenvalue weighted by Crippen LogP contribution is 2.23. The molecule has 1 unspecified atom stereocenters. The predicted octanol–water partition coefficient (Wildman–Crippen LogP) is 2.37. The van der Waals surface area contributed by atoms with Crippen LogP contribution in [0.4, 0.5) is 18.0 Å². The van der Waals surface area contributed by atoms with Gasteiger partial charge in [-0.25, -0.2) is 4.79 Å². The lowest BCUT2D eigenvalue weighted by molar-refractivity contribution is -0.149. The van der Waals surface area contributed by atoms with Crippen LogP contribution in [0.25, 0.3) is 0 Å². The molecule has 1 atom stereocenters. The van der Waals surface area contributed by atoms with E-state index in [-0.39, 0.29) is 6.29 Å². The molecule has 0 fully saturated rings. The predicted molar refractivity (Wildman–Crippen MR) is 54.5 cm³/mol. The van der Waals surface area contributed by atoms with E-state index in [1.807, 2.05) is 0 Å². The van der Waals surface area contributed by atoms with E-state index < -0.39 is 30.3 Å². The lowest BCUT2D eigenvalue weighted by atomic mass is 10.2. The van der Waals surface area contributed by atoms with Crippen LogP contribution in [0.2, 0.25) is 0 Å². The Labute approximate surface area is 97.7 Å². The first-order chi connectivity index (χ1) is 7.46. The molecule has 17 heavy (non-hydrogen) atoms. The van der Waals surface area contributed by atoms with E-state index in [4.69, 9.17) is 4.74 Å². The Kier molecular flexibility index (Phi) is 4.97. The summed E-state index contributed by atoms with van der Waals surface area (Å²) in [5.74, 6) is 0. The molecule has 0 rings (SSSR count).